The maximum absolute atomic E-state index is 12.4. The third-order valence-corrected chi connectivity index (χ3v) is 5.88. The van der Waals surface area contributed by atoms with Crippen LogP contribution in [0.4, 0.5) is 0 Å². The summed E-state index contributed by atoms with van der Waals surface area (Å²) in [6.45, 7) is 2.03. The molecule has 1 aromatic rings. The zero-order valence-corrected chi connectivity index (χ0v) is 14.1. The first kappa shape index (κ1) is 15.9. The molecule has 2 fully saturated rings. The van der Waals surface area contributed by atoms with Gasteiger partial charge in [-0.2, -0.15) is 16.9 Å². The van der Waals surface area contributed by atoms with Gasteiger partial charge in [0, 0.05) is 24.0 Å². The molecule has 1 aliphatic heterocycles. The normalized spacial score (nSPS) is 29.2. The van der Waals surface area contributed by atoms with Gasteiger partial charge >= 0.3 is 0 Å². The van der Waals surface area contributed by atoms with Crippen LogP contribution in [0.5, 0.6) is 0 Å². The molecule has 3 rings (SSSR count). The van der Waals surface area contributed by atoms with Crippen molar-refractivity contribution in [3.63, 3.8) is 0 Å². The Kier molecular flexibility index (Phi) is 5.41. The monoisotopic (exact) mass is 322 g/mol. The van der Waals surface area contributed by atoms with Crippen LogP contribution in [0.25, 0.3) is 0 Å². The van der Waals surface area contributed by atoms with Crippen molar-refractivity contribution in [1.82, 2.24) is 20.4 Å². The third kappa shape index (κ3) is 3.84. The number of nitrogens with zero attached hydrogens (tertiary/aromatic N) is 2. The van der Waals surface area contributed by atoms with E-state index in [1.807, 2.05) is 28.7 Å². The molecule has 1 amide bonds. The largest absolute Gasteiger partial charge is 0.348 e. The van der Waals surface area contributed by atoms with Gasteiger partial charge in [-0.25, -0.2) is 0 Å². The van der Waals surface area contributed by atoms with Gasteiger partial charge in [-0.3, -0.25) is 9.48 Å². The highest BCUT2D eigenvalue weighted by Gasteiger charge is 2.24. The molecule has 6 heteroatoms. The quantitative estimate of drug-likeness (QED) is 0.892. The van der Waals surface area contributed by atoms with Gasteiger partial charge in [0.25, 0.3) is 5.91 Å². The van der Waals surface area contributed by atoms with E-state index >= 15 is 0 Å². The fourth-order valence-electron chi connectivity index (χ4n) is 3.47. The Balaban J connectivity index is 1.57. The summed E-state index contributed by atoms with van der Waals surface area (Å²) in [4.78, 5) is 12.4. The highest BCUT2D eigenvalue weighted by Crippen LogP contribution is 2.27. The summed E-state index contributed by atoms with van der Waals surface area (Å²) in [5.74, 6) is -0.0192. The summed E-state index contributed by atoms with van der Waals surface area (Å²) in [5.41, 5.74) is 0.553. The van der Waals surface area contributed by atoms with Gasteiger partial charge in [0.05, 0.1) is 6.04 Å². The molecule has 2 heterocycles. The molecule has 2 N–H and O–H groups in total. The summed E-state index contributed by atoms with van der Waals surface area (Å²) < 4.78 is 1.95. The molecule has 0 bridgehead atoms. The number of amides is 1. The second-order valence-corrected chi connectivity index (χ2v) is 7.51. The fourth-order valence-corrected chi connectivity index (χ4v) is 4.30. The lowest BCUT2D eigenvalue weighted by molar-refractivity contribution is 0.0922. The number of carbonyl (C=O) groups is 1. The zero-order chi connectivity index (χ0) is 15.4. The van der Waals surface area contributed by atoms with Crippen LogP contribution in [-0.4, -0.2) is 46.3 Å². The lowest BCUT2D eigenvalue weighted by Crippen LogP contribution is -2.39. The van der Waals surface area contributed by atoms with Crippen LogP contribution in [0.3, 0.4) is 0 Å². The van der Waals surface area contributed by atoms with Crippen LogP contribution in [0, 0.1) is 0 Å². The van der Waals surface area contributed by atoms with Crippen molar-refractivity contribution in [1.29, 1.82) is 0 Å². The summed E-state index contributed by atoms with van der Waals surface area (Å²) in [6.07, 6.45) is 11.1. The Hall–Kier alpha value is -1.01. The maximum atomic E-state index is 12.4. The topological polar surface area (TPSA) is 59.0 Å². The van der Waals surface area contributed by atoms with Gasteiger partial charge in [-0.15, -0.1) is 0 Å². The van der Waals surface area contributed by atoms with Crippen LogP contribution >= 0.6 is 11.8 Å². The van der Waals surface area contributed by atoms with E-state index in [0.29, 0.717) is 23.0 Å². The molecule has 2 aliphatic rings. The molecule has 5 nitrogen and oxygen atoms in total. The molecule has 1 saturated heterocycles. The van der Waals surface area contributed by atoms with Crippen LogP contribution in [0.2, 0.25) is 0 Å². The van der Waals surface area contributed by atoms with E-state index in [0.717, 1.165) is 32.4 Å². The van der Waals surface area contributed by atoms with Crippen molar-refractivity contribution in [3.05, 3.63) is 18.0 Å². The smallest absolute Gasteiger partial charge is 0.271 e. The van der Waals surface area contributed by atoms with Crippen molar-refractivity contribution >= 4 is 17.7 Å². The Bertz CT molecular complexity index is 498. The molecular formula is C16H26N4OS. The number of thioether (sulfide) groups is 1. The number of carbonyl (C=O) groups excluding carboxylic acids is 1. The Morgan fingerprint density at radius 1 is 1.41 bits per heavy atom. The van der Waals surface area contributed by atoms with E-state index in [9.17, 15) is 4.79 Å². The number of rotatable bonds is 4. The molecule has 22 heavy (non-hydrogen) atoms. The summed E-state index contributed by atoms with van der Waals surface area (Å²) in [7, 11) is 0. The number of hydrogen-bond acceptors (Lipinski definition) is 4. The van der Waals surface area contributed by atoms with Crippen molar-refractivity contribution in [2.45, 2.75) is 55.9 Å². The van der Waals surface area contributed by atoms with E-state index in [1.54, 1.807) is 0 Å². The predicted octanol–water partition coefficient (Wildman–Crippen LogP) is 2.21. The lowest BCUT2D eigenvalue weighted by Gasteiger charge is -2.28. The molecule has 3 atom stereocenters. The molecule has 1 saturated carbocycles. The molecule has 0 radical (unpaired) electrons. The number of nitrogens with one attached hydrogen (secondary N) is 2. The van der Waals surface area contributed by atoms with Crippen molar-refractivity contribution in [2.75, 3.05) is 19.3 Å². The first-order chi connectivity index (χ1) is 10.8. The van der Waals surface area contributed by atoms with Gasteiger partial charge in [0.1, 0.15) is 5.69 Å². The van der Waals surface area contributed by atoms with Crippen LogP contribution < -0.4 is 10.6 Å². The Labute approximate surface area is 136 Å². The van der Waals surface area contributed by atoms with Crippen LogP contribution in [0.15, 0.2) is 12.3 Å². The standard InChI is InChI=1S/C16H26N4OS/c1-22-14-6-2-4-12(10-14)18-16(21)15-7-9-20(19-15)13-5-3-8-17-11-13/h7,9,12-14,17H,2-6,8,10-11H2,1H3,(H,18,21). The molecular weight excluding hydrogens is 296 g/mol. The van der Waals surface area contributed by atoms with Gasteiger partial charge in [0.15, 0.2) is 0 Å². The van der Waals surface area contributed by atoms with Crippen molar-refractivity contribution in [3.8, 4) is 0 Å². The summed E-state index contributed by atoms with van der Waals surface area (Å²) >= 11 is 1.92. The van der Waals surface area contributed by atoms with Gasteiger partial charge in [-0.05, 0) is 51.0 Å². The summed E-state index contributed by atoms with van der Waals surface area (Å²) in [6, 6.07) is 2.53. The predicted molar refractivity (Wildman–Crippen MR) is 90.4 cm³/mol. The van der Waals surface area contributed by atoms with Gasteiger partial charge < -0.3 is 10.6 Å². The molecule has 1 aliphatic carbocycles. The molecule has 0 spiro atoms. The third-order valence-electron chi connectivity index (χ3n) is 4.78. The number of hydrogen-bond donors (Lipinski definition) is 2. The Morgan fingerprint density at radius 3 is 3.09 bits per heavy atom. The molecule has 0 aromatic carbocycles. The average Bonchev–Trinajstić information content (AvgIpc) is 3.06. The molecule has 1 aromatic heterocycles. The minimum absolute atomic E-state index is 0.0192. The van der Waals surface area contributed by atoms with E-state index in [-0.39, 0.29) is 5.91 Å². The Morgan fingerprint density at radius 2 is 2.32 bits per heavy atom. The van der Waals surface area contributed by atoms with Crippen LogP contribution in [-0.2, 0) is 0 Å². The minimum Gasteiger partial charge on any atom is -0.348 e. The lowest BCUT2D eigenvalue weighted by atomic mass is 9.95. The molecule has 3 unspecified atom stereocenters. The van der Waals surface area contributed by atoms with Crippen LogP contribution in [0.1, 0.15) is 55.1 Å². The van der Waals surface area contributed by atoms with Gasteiger partial charge in [0.2, 0.25) is 0 Å². The van der Waals surface area contributed by atoms with E-state index < -0.39 is 0 Å². The minimum atomic E-state index is -0.0192. The number of aromatic nitrogens is 2. The fraction of sp³-hybridized carbons (Fsp3) is 0.750. The van der Waals surface area contributed by atoms with E-state index in [1.165, 1.54) is 19.3 Å². The average molecular weight is 322 g/mol. The van der Waals surface area contributed by atoms with E-state index in [2.05, 4.69) is 22.0 Å². The first-order valence-corrected chi connectivity index (χ1v) is 9.64. The van der Waals surface area contributed by atoms with Gasteiger partial charge in [-0.1, -0.05) is 6.42 Å². The van der Waals surface area contributed by atoms with Crippen molar-refractivity contribution < 1.29 is 4.79 Å². The highest BCUT2D eigenvalue weighted by atomic mass is 32.2. The summed E-state index contributed by atoms with van der Waals surface area (Å²) in [5, 5.41) is 11.7. The van der Waals surface area contributed by atoms with E-state index in [4.69, 9.17) is 0 Å². The van der Waals surface area contributed by atoms with Crippen molar-refractivity contribution in [2.24, 2.45) is 0 Å². The number of piperidine rings is 1. The highest BCUT2D eigenvalue weighted by molar-refractivity contribution is 7.99. The zero-order valence-electron chi connectivity index (χ0n) is 13.3. The maximum Gasteiger partial charge on any atom is 0.271 e. The second-order valence-electron chi connectivity index (χ2n) is 6.38. The molecule has 122 valence electrons. The SMILES string of the molecule is CSC1CCCC(NC(=O)c2ccn(C3CCCNC3)n2)C1. The first-order valence-electron chi connectivity index (χ1n) is 8.36. The second kappa shape index (κ2) is 7.51.